The van der Waals surface area contributed by atoms with Crippen LogP contribution < -0.4 is 14.8 Å². The number of carbonyl (C=O) groups is 1. The molecule has 2 aromatic carbocycles. The molecule has 6 rings (SSSR count). The van der Waals surface area contributed by atoms with Crippen LogP contribution in [0.5, 0.6) is 11.5 Å². The van der Waals surface area contributed by atoms with Crippen LogP contribution in [0.3, 0.4) is 0 Å². The van der Waals surface area contributed by atoms with E-state index in [9.17, 15) is 13.6 Å². The summed E-state index contributed by atoms with van der Waals surface area (Å²) >= 11 is 0.478. The molecule has 0 saturated heterocycles. The summed E-state index contributed by atoms with van der Waals surface area (Å²) in [4.78, 5) is 24.4. The van der Waals surface area contributed by atoms with Crippen LogP contribution in [0, 0.1) is 5.41 Å². The van der Waals surface area contributed by atoms with Crippen LogP contribution in [0.15, 0.2) is 41.3 Å². The van der Waals surface area contributed by atoms with Gasteiger partial charge < -0.3 is 14.8 Å². The molecule has 3 aliphatic rings. The molecule has 2 bridgehead atoms. The maximum atomic E-state index is 14.0. The van der Waals surface area contributed by atoms with E-state index in [1.165, 1.54) is 0 Å². The number of anilines is 1. The van der Waals surface area contributed by atoms with E-state index in [4.69, 9.17) is 19.4 Å². The average Bonchev–Trinajstić information content (AvgIpc) is 3.36. The van der Waals surface area contributed by atoms with Gasteiger partial charge >= 0.3 is 0 Å². The Balaban J connectivity index is 1.43. The van der Waals surface area contributed by atoms with Gasteiger partial charge in [0.1, 0.15) is 0 Å². The molecule has 1 N–H and O–H groups in total. The van der Waals surface area contributed by atoms with E-state index in [1.807, 2.05) is 12.1 Å². The number of ether oxygens (including phenoxy) is 2. The number of fused-ring (bicyclic) bond motifs is 7. The lowest BCUT2D eigenvalue weighted by Gasteiger charge is -2.39. The van der Waals surface area contributed by atoms with Gasteiger partial charge in [-0.2, -0.15) is 8.78 Å². The normalized spacial score (nSPS) is 25.7. The smallest absolute Gasteiger partial charge is 0.288 e. The number of aromatic nitrogens is 2. The minimum Gasteiger partial charge on any atom is -0.454 e. The van der Waals surface area contributed by atoms with Gasteiger partial charge in [0.25, 0.3) is 5.76 Å². The molecule has 1 saturated carbocycles. The summed E-state index contributed by atoms with van der Waals surface area (Å²) in [5.74, 6) is -1.37. The quantitative estimate of drug-likeness (QED) is 0.484. The van der Waals surface area contributed by atoms with Gasteiger partial charge in [-0.15, -0.1) is 0 Å². The first-order valence-electron chi connectivity index (χ1n) is 11.1. The zero-order valence-electron chi connectivity index (χ0n) is 18.9. The van der Waals surface area contributed by atoms with Gasteiger partial charge in [0, 0.05) is 28.1 Å². The fourth-order valence-electron chi connectivity index (χ4n) is 5.95. The lowest BCUT2D eigenvalue weighted by molar-refractivity contribution is -0.125. The Hall–Kier alpha value is -2.94. The molecule has 1 fully saturated rings. The highest BCUT2D eigenvalue weighted by Crippen LogP contribution is 2.70. The van der Waals surface area contributed by atoms with Crippen LogP contribution in [-0.2, 0) is 15.6 Å². The summed E-state index contributed by atoms with van der Waals surface area (Å²) in [6.07, 6.45) is 1.47. The van der Waals surface area contributed by atoms with Crippen molar-refractivity contribution in [3.63, 3.8) is 0 Å². The first-order chi connectivity index (χ1) is 16.2. The molecule has 3 aromatic rings. The second-order valence-corrected chi connectivity index (χ2v) is 10.9. The second-order valence-electron chi connectivity index (χ2n) is 9.83. The van der Waals surface area contributed by atoms with E-state index >= 15 is 0 Å². The van der Waals surface area contributed by atoms with Crippen LogP contribution in [-0.4, -0.2) is 28.4 Å². The minimum atomic E-state index is -2.49. The number of halogens is 2. The molecule has 0 spiro atoms. The number of rotatable bonds is 4. The average molecular weight is 484 g/mol. The number of alkyl halides is 2. The highest BCUT2D eigenvalue weighted by molar-refractivity contribution is 7.99. The molecule has 2 heterocycles. The van der Waals surface area contributed by atoms with Crippen LogP contribution in [0.2, 0.25) is 0 Å². The van der Waals surface area contributed by atoms with Crippen LogP contribution in [0.25, 0.3) is 11.0 Å². The largest absolute Gasteiger partial charge is 0.454 e. The summed E-state index contributed by atoms with van der Waals surface area (Å²) in [5.41, 5.74) is 1.87. The summed E-state index contributed by atoms with van der Waals surface area (Å²) in [6, 6.07) is 10.2. The zero-order chi connectivity index (χ0) is 23.9. The molecule has 2 unspecified atom stereocenters. The van der Waals surface area contributed by atoms with Crippen molar-refractivity contribution >= 4 is 34.4 Å². The highest BCUT2D eigenvalue weighted by Gasteiger charge is 2.73. The van der Waals surface area contributed by atoms with Crippen molar-refractivity contribution < 1.29 is 23.0 Å². The van der Waals surface area contributed by atoms with Gasteiger partial charge in [0.15, 0.2) is 11.5 Å². The number of nitrogens with zero attached hydrogens (tertiary/aromatic N) is 2. The second kappa shape index (κ2) is 7.04. The van der Waals surface area contributed by atoms with Crippen molar-refractivity contribution in [2.45, 2.75) is 55.1 Å². The maximum absolute atomic E-state index is 14.0. The number of benzene rings is 2. The van der Waals surface area contributed by atoms with E-state index in [0.29, 0.717) is 51.5 Å². The van der Waals surface area contributed by atoms with Crippen molar-refractivity contribution in [3.8, 4) is 11.5 Å². The molecule has 176 valence electrons. The number of hydrogen-bond acceptors (Lipinski definition) is 6. The van der Waals surface area contributed by atoms with Crippen molar-refractivity contribution in [3.05, 3.63) is 47.8 Å². The molecule has 1 aromatic heterocycles. The van der Waals surface area contributed by atoms with Gasteiger partial charge in [-0.25, -0.2) is 9.97 Å². The Bertz CT molecular complexity index is 1350. The topological polar surface area (TPSA) is 73.3 Å². The Labute approximate surface area is 199 Å². The molecule has 1 aliphatic heterocycles. The molecular weight excluding hydrogens is 460 g/mol. The highest BCUT2D eigenvalue weighted by atomic mass is 32.2. The lowest BCUT2D eigenvalue weighted by atomic mass is 9.63. The maximum Gasteiger partial charge on any atom is 0.288 e. The van der Waals surface area contributed by atoms with Crippen molar-refractivity contribution in [1.82, 2.24) is 9.97 Å². The lowest BCUT2D eigenvalue weighted by Crippen LogP contribution is -2.48. The third-order valence-electron chi connectivity index (χ3n) is 8.26. The van der Waals surface area contributed by atoms with E-state index in [-0.39, 0.29) is 18.1 Å². The molecular formula is C25H23F2N3O3S. The molecule has 9 heteroatoms. The third kappa shape index (κ3) is 2.70. The number of carbonyl (C=O) groups excluding carboxylic acids is 1. The Morgan fingerprint density at radius 3 is 2.24 bits per heavy atom. The predicted octanol–water partition coefficient (Wildman–Crippen LogP) is 5.64. The molecule has 0 radical (unpaired) electrons. The van der Waals surface area contributed by atoms with Crippen molar-refractivity contribution in [1.29, 1.82) is 0 Å². The molecule has 6 nitrogen and oxygen atoms in total. The minimum absolute atomic E-state index is 0.149. The third-order valence-corrected chi connectivity index (χ3v) is 8.98. The van der Waals surface area contributed by atoms with E-state index in [1.54, 1.807) is 24.3 Å². The fraction of sp³-hybridized carbons (Fsp3) is 0.400. The van der Waals surface area contributed by atoms with Crippen molar-refractivity contribution in [2.24, 2.45) is 5.41 Å². The number of nitrogens with one attached hydrogen (secondary N) is 1. The molecule has 2 aliphatic carbocycles. The first-order valence-corrected chi connectivity index (χ1v) is 12.0. The predicted molar refractivity (Wildman–Crippen MR) is 125 cm³/mol. The first kappa shape index (κ1) is 21.6. The van der Waals surface area contributed by atoms with Gasteiger partial charge in [-0.1, -0.05) is 32.5 Å². The number of hydrogen-bond donors (Lipinski definition) is 1. The summed E-state index contributed by atoms with van der Waals surface area (Å²) in [6.45, 7) is 6.55. The van der Waals surface area contributed by atoms with Gasteiger partial charge in [-0.3, -0.25) is 4.79 Å². The summed E-state index contributed by atoms with van der Waals surface area (Å²) < 4.78 is 36.3. The van der Waals surface area contributed by atoms with E-state index < -0.39 is 16.6 Å². The fourth-order valence-corrected chi connectivity index (χ4v) is 6.45. The van der Waals surface area contributed by atoms with Gasteiger partial charge in [0.2, 0.25) is 12.7 Å². The number of amides is 1. The van der Waals surface area contributed by atoms with Crippen LogP contribution in [0.4, 0.5) is 14.5 Å². The Kier molecular flexibility index (Phi) is 4.47. The SMILES string of the molecule is CC12CCC(C(=O)Nc3ccc(SC(F)F)cc3)(c3nc4cc5c(cc4nc31)OCO5)C2(C)C. The molecule has 1 amide bonds. The monoisotopic (exact) mass is 483 g/mol. The Morgan fingerprint density at radius 2 is 1.62 bits per heavy atom. The summed E-state index contributed by atoms with van der Waals surface area (Å²) in [7, 11) is 0. The molecule has 2 atom stereocenters. The van der Waals surface area contributed by atoms with E-state index in [0.717, 1.165) is 17.6 Å². The standard InChI is InChI=1S/C25H23F2N3O3S/c1-23(2)24(3)8-9-25(23,21(31)28-13-4-6-14(7-5-13)34-22(26)27)20-19(24)29-15-10-17-18(33-12-32-17)11-16(15)30-20/h4-7,10-11,22H,8-9,12H2,1-3H3,(H,28,31). The number of thioether (sulfide) groups is 1. The molecule has 34 heavy (non-hydrogen) atoms. The zero-order valence-corrected chi connectivity index (χ0v) is 19.8. The van der Waals surface area contributed by atoms with Crippen molar-refractivity contribution in [2.75, 3.05) is 12.1 Å². The van der Waals surface area contributed by atoms with Crippen LogP contribution in [0.1, 0.15) is 45.0 Å². The summed E-state index contributed by atoms with van der Waals surface area (Å²) in [5, 5.41) is 3.04. The Morgan fingerprint density at radius 1 is 1.00 bits per heavy atom. The van der Waals surface area contributed by atoms with Gasteiger partial charge in [0.05, 0.1) is 27.8 Å². The van der Waals surface area contributed by atoms with Crippen LogP contribution >= 0.6 is 11.8 Å². The van der Waals surface area contributed by atoms with Gasteiger partial charge in [-0.05, 0) is 42.5 Å². The van der Waals surface area contributed by atoms with E-state index in [2.05, 4.69) is 26.1 Å².